The summed E-state index contributed by atoms with van der Waals surface area (Å²) in [4.78, 5) is 17.1. The van der Waals surface area contributed by atoms with Gasteiger partial charge in [0.05, 0.1) is 0 Å². The van der Waals surface area contributed by atoms with E-state index in [2.05, 4.69) is 10.3 Å². The Balaban J connectivity index is 1.68. The minimum atomic E-state index is -0.142. The first-order chi connectivity index (χ1) is 9.22. The molecule has 0 aliphatic carbocycles. The van der Waals surface area contributed by atoms with E-state index in [0.29, 0.717) is 12.2 Å². The van der Waals surface area contributed by atoms with Gasteiger partial charge >= 0.3 is 0 Å². The Kier molecular flexibility index (Phi) is 3.05. The summed E-state index contributed by atoms with van der Waals surface area (Å²) in [7, 11) is 0. The minimum absolute atomic E-state index is 0.142. The summed E-state index contributed by atoms with van der Waals surface area (Å²) in [5, 5.41) is 4.82. The number of carbonyl (C=O) groups is 1. The van der Waals surface area contributed by atoms with Crippen LogP contribution in [0, 0.1) is 6.92 Å². The van der Waals surface area contributed by atoms with E-state index in [1.807, 2.05) is 47.2 Å². The molecule has 0 fully saturated rings. The largest absolute Gasteiger partial charge is 0.347 e. The molecule has 1 amide bonds. The van der Waals surface area contributed by atoms with Crippen LogP contribution in [0.2, 0.25) is 0 Å². The predicted molar refractivity (Wildman–Crippen MR) is 75.4 cm³/mol. The predicted octanol–water partition coefficient (Wildman–Crippen LogP) is 2.63. The molecular weight excluding hydrogens is 258 g/mol. The minimum Gasteiger partial charge on any atom is -0.347 e. The van der Waals surface area contributed by atoms with Gasteiger partial charge in [-0.3, -0.25) is 9.20 Å². The molecule has 0 radical (unpaired) electrons. The number of fused-ring (bicyclic) bond motifs is 1. The van der Waals surface area contributed by atoms with Crippen LogP contribution in [-0.4, -0.2) is 15.3 Å². The van der Waals surface area contributed by atoms with E-state index in [-0.39, 0.29) is 5.91 Å². The molecule has 1 aromatic carbocycles. The van der Waals surface area contributed by atoms with E-state index in [9.17, 15) is 4.79 Å². The van der Waals surface area contributed by atoms with Gasteiger partial charge in [0, 0.05) is 24.3 Å². The van der Waals surface area contributed by atoms with Gasteiger partial charge in [0.15, 0.2) is 4.96 Å². The lowest BCUT2D eigenvalue weighted by atomic mass is 10.1. The Morgan fingerprint density at radius 3 is 2.89 bits per heavy atom. The summed E-state index contributed by atoms with van der Waals surface area (Å²) in [6.07, 6.45) is 3.64. The van der Waals surface area contributed by atoms with Crippen LogP contribution in [0.1, 0.15) is 21.6 Å². The summed E-state index contributed by atoms with van der Waals surface area (Å²) in [6.45, 7) is 2.56. The molecule has 3 rings (SSSR count). The highest BCUT2D eigenvalue weighted by molar-refractivity contribution is 7.15. The number of nitrogens with zero attached hydrogens (tertiary/aromatic N) is 2. The van der Waals surface area contributed by atoms with Gasteiger partial charge in [-0.1, -0.05) is 29.8 Å². The number of imidazole rings is 1. The molecule has 0 aliphatic rings. The first-order valence-corrected chi connectivity index (χ1v) is 6.86. The fraction of sp³-hybridized carbons (Fsp3) is 0.143. The maximum atomic E-state index is 12.0. The molecule has 2 heterocycles. The summed E-state index contributed by atoms with van der Waals surface area (Å²) in [5.41, 5.74) is 2.75. The van der Waals surface area contributed by atoms with Gasteiger partial charge in [0.25, 0.3) is 5.91 Å². The Bertz CT molecular complexity index is 683. The fourth-order valence-corrected chi connectivity index (χ4v) is 2.52. The van der Waals surface area contributed by atoms with Crippen LogP contribution in [0.4, 0.5) is 0 Å². The highest BCUT2D eigenvalue weighted by atomic mass is 32.1. The molecule has 0 unspecified atom stereocenters. The number of aryl methyl sites for hydroxylation is 1. The first-order valence-electron chi connectivity index (χ1n) is 5.98. The Hall–Kier alpha value is -2.14. The van der Waals surface area contributed by atoms with Crippen molar-refractivity contribution in [3.63, 3.8) is 0 Å². The monoisotopic (exact) mass is 271 g/mol. The van der Waals surface area contributed by atoms with Gasteiger partial charge in [0.1, 0.15) is 5.69 Å². The topological polar surface area (TPSA) is 46.4 Å². The van der Waals surface area contributed by atoms with Crippen molar-refractivity contribution in [2.24, 2.45) is 0 Å². The zero-order valence-electron chi connectivity index (χ0n) is 10.5. The summed E-state index contributed by atoms with van der Waals surface area (Å²) >= 11 is 1.51. The van der Waals surface area contributed by atoms with Crippen LogP contribution in [0.15, 0.2) is 42.0 Å². The molecule has 2 aromatic heterocycles. The molecule has 0 atom stereocenters. The van der Waals surface area contributed by atoms with Crippen molar-refractivity contribution < 1.29 is 4.79 Å². The van der Waals surface area contributed by atoms with E-state index < -0.39 is 0 Å². The van der Waals surface area contributed by atoms with Crippen LogP contribution < -0.4 is 5.32 Å². The van der Waals surface area contributed by atoms with Crippen molar-refractivity contribution >= 4 is 22.2 Å². The quantitative estimate of drug-likeness (QED) is 0.796. The third kappa shape index (κ3) is 2.51. The fourth-order valence-electron chi connectivity index (χ4n) is 1.82. The second-order valence-electron chi connectivity index (χ2n) is 4.39. The van der Waals surface area contributed by atoms with Gasteiger partial charge in [-0.05, 0) is 12.5 Å². The standard InChI is InChI=1S/C14H13N3OS/c1-10-2-4-11(5-3-10)8-15-13(18)12-9-17-6-7-19-14(17)16-12/h2-7,9H,8H2,1H3,(H,15,18). The van der Waals surface area contributed by atoms with E-state index >= 15 is 0 Å². The number of nitrogens with one attached hydrogen (secondary N) is 1. The van der Waals surface area contributed by atoms with Gasteiger partial charge in [0.2, 0.25) is 0 Å². The molecule has 0 saturated heterocycles. The normalized spacial score (nSPS) is 10.8. The van der Waals surface area contributed by atoms with Gasteiger partial charge in [-0.25, -0.2) is 4.98 Å². The maximum absolute atomic E-state index is 12.0. The average molecular weight is 271 g/mol. The molecule has 19 heavy (non-hydrogen) atoms. The number of rotatable bonds is 3. The molecule has 0 saturated carbocycles. The molecule has 5 heteroatoms. The van der Waals surface area contributed by atoms with Crippen LogP contribution in [-0.2, 0) is 6.54 Å². The number of amides is 1. The van der Waals surface area contributed by atoms with Gasteiger partial charge in [-0.15, -0.1) is 11.3 Å². The number of carbonyl (C=O) groups excluding carboxylic acids is 1. The molecule has 1 N–H and O–H groups in total. The number of hydrogen-bond donors (Lipinski definition) is 1. The summed E-state index contributed by atoms with van der Waals surface area (Å²) < 4.78 is 1.85. The van der Waals surface area contributed by atoms with Crippen LogP contribution in [0.25, 0.3) is 4.96 Å². The van der Waals surface area contributed by atoms with Gasteiger partial charge < -0.3 is 5.32 Å². The van der Waals surface area contributed by atoms with Crippen molar-refractivity contribution in [2.75, 3.05) is 0 Å². The lowest BCUT2D eigenvalue weighted by Gasteiger charge is -2.03. The number of thiazole rings is 1. The van der Waals surface area contributed by atoms with Crippen LogP contribution >= 0.6 is 11.3 Å². The third-order valence-electron chi connectivity index (χ3n) is 2.90. The van der Waals surface area contributed by atoms with Gasteiger partial charge in [-0.2, -0.15) is 0 Å². The van der Waals surface area contributed by atoms with Crippen LogP contribution in [0.3, 0.4) is 0 Å². The zero-order valence-corrected chi connectivity index (χ0v) is 11.3. The molecular formula is C14H13N3OS. The van der Waals surface area contributed by atoms with Crippen molar-refractivity contribution in [3.8, 4) is 0 Å². The third-order valence-corrected chi connectivity index (χ3v) is 3.67. The SMILES string of the molecule is Cc1ccc(CNC(=O)c2cn3ccsc3n2)cc1. The molecule has 0 spiro atoms. The van der Waals surface area contributed by atoms with E-state index in [0.717, 1.165) is 10.5 Å². The van der Waals surface area contributed by atoms with Crippen molar-refractivity contribution in [1.82, 2.24) is 14.7 Å². The summed E-state index contributed by atoms with van der Waals surface area (Å²) in [6, 6.07) is 8.10. The Morgan fingerprint density at radius 1 is 1.37 bits per heavy atom. The lowest BCUT2D eigenvalue weighted by Crippen LogP contribution is -2.23. The molecule has 3 aromatic rings. The highest BCUT2D eigenvalue weighted by Gasteiger charge is 2.10. The smallest absolute Gasteiger partial charge is 0.271 e. The Morgan fingerprint density at radius 2 is 2.16 bits per heavy atom. The molecule has 96 valence electrons. The van der Waals surface area contributed by atoms with Crippen molar-refractivity contribution in [3.05, 3.63) is 58.9 Å². The first kappa shape index (κ1) is 11.9. The Labute approximate surface area is 114 Å². The molecule has 0 bridgehead atoms. The lowest BCUT2D eigenvalue weighted by molar-refractivity contribution is 0.0946. The van der Waals surface area contributed by atoms with E-state index in [1.54, 1.807) is 6.20 Å². The maximum Gasteiger partial charge on any atom is 0.271 e. The average Bonchev–Trinajstić information content (AvgIpc) is 2.98. The number of aromatic nitrogens is 2. The van der Waals surface area contributed by atoms with Crippen LogP contribution in [0.5, 0.6) is 0 Å². The molecule has 4 nitrogen and oxygen atoms in total. The van der Waals surface area contributed by atoms with E-state index in [1.165, 1.54) is 16.9 Å². The second-order valence-corrected chi connectivity index (χ2v) is 5.26. The number of hydrogen-bond acceptors (Lipinski definition) is 3. The molecule has 0 aliphatic heterocycles. The van der Waals surface area contributed by atoms with E-state index in [4.69, 9.17) is 0 Å². The van der Waals surface area contributed by atoms with Crippen molar-refractivity contribution in [1.29, 1.82) is 0 Å². The number of benzene rings is 1. The summed E-state index contributed by atoms with van der Waals surface area (Å²) in [5.74, 6) is -0.142. The second kappa shape index (κ2) is 4.85. The van der Waals surface area contributed by atoms with Crippen molar-refractivity contribution in [2.45, 2.75) is 13.5 Å². The highest BCUT2D eigenvalue weighted by Crippen LogP contribution is 2.11. The zero-order chi connectivity index (χ0) is 13.2.